The minimum Gasteiger partial charge on any atom is -0.465 e. The van der Waals surface area contributed by atoms with Crippen LogP contribution in [-0.4, -0.2) is 30.8 Å². The van der Waals surface area contributed by atoms with Gasteiger partial charge in [-0.25, -0.2) is 0 Å². The molecule has 0 amide bonds. The lowest BCUT2D eigenvalue weighted by Crippen LogP contribution is -2.25. The van der Waals surface area contributed by atoms with E-state index in [9.17, 15) is 0 Å². The molecule has 5 nitrogen and oxygen atoms in total. The fourth-order valence-electron chi connectivity index (χ4n) is 4.10. The van der Waals surface area contributed by atoms with Crippen molar-refractivity contribution in [1.82, 2.24) is 4.98 Å². The minimum absolute atomic E-state index is 0.137. The normalized spacial score (nSPS) is 21.8. The Labute approximate surface area is 198 Å². The largest absolute Gasteiger partial charge is 0.465 e. The van der Waals surface area contributed by atoms with Crippen molar-refractivity contribution in [1.29, 1.82) is 0 Å². The Morgan fingerprint density at radius 3 is 1.64 bits per heavy atom. The molecule has 0 aliphatic carbocycles. The Balaban J connectivity index is 1.35. The quantitative estimate of drug-likeness (QED) is 0.402. The first-order valence-corrected chi connectivity index (χ1v) is 13.0. The Kier molecular flexibility index (Phi) is 7.46. The summed E-state index contributed by atoms with van der Waals surface area (Å²) in [7, 11) is -0.281. The van der Waals surface area contributed by atoms with Crippen LogP contribution < -0.4 is 9.47 Å². The Bertz CT molecular complexity index is 921. The van der Waals surface area contributed by atoms with Crippen LogP contribution in [0.1, 0.15) is 38.5 Å². The molecule has 2 aliphatic heterocycles. The van der Waals surface area contributed by atoms with Crippen LogP contribution in [0.3, 0.4) is 0 Å². The van der Waals surface area contributed by atoms with E-state index in [4.69, 9.17) is 18.9 Å². The molecule has 0 N–H and O–H groups in total. The lowest BCUT2D eigenvalue weighted by atomic mass is 10.2. The van der Waals surface area contributed by atoms with E-state index in [1.165, 1.54) is 14.7 Å². The molecule has 2 unspecified atom stereocenters. The van der Waals surface area contributed by atoms with E-state index in [1.54, 1.807) is 0 Å². The van der Waals surface area contributed by atoms with E-state index in [2.05, 4.69) is 35.3 Å². The van der Waals surface area contributed by atoms with Gasteiger partial charge in [0.15, 0.2) is 27.3 Å². The summed E-state index contributed by atoms with van der Waals surface area (Å²) >= 11 is 0. The van der Waals surface area contributed by atoms with E-state index in [0.717, 1.165) is 63.2 Å². The zero-order valence-corrected chi connectivity index (χ0v) is 19.5. The predicted octanol–water partition coefficient (Wildman–Crippen LogP) is 5.99. The van der Waals surface area contributed by atoms with Gasteiger partial charge in [0, 0.05) is 19.0 Å². The number of hydrogen-bond acceptors (Lipinski definition) is 5. The van der Waals surface area contributed by atoms with Gasteiger partial charge in [-0.3, -0.25) is 4.98 Å². The average molecular weight is 465 g/mol. The number of pyridine rings is 1. The molecule has 2 aliphatic rings. The topological polar surface area (TPSA) is 49.8 Å². The second-order valence-corrected chi connectivity index (χ2v) is 10.3. The third-order valence-electron chi connectivity index (χ3n) is 5.80. The molecule has 0 spiro atoms. The molecule has 0 saturated carbocycles. The average Bonchev–Trinajstić information content (AvgIpc) is 2.88. The number of hydrogen-bond donors (Lipinski definition) is 0. The monoisotopic (exact) mass is 464 g/mol. The van der Waals surface area contributed by atoms with Crippen molar-refractivity contribution in [3.63, 3.8) is 0 Å². The molecule has 2 saturated heterocycles. The van der Waals surface area contributed by atoms with Crippen LogP contribution in [0.2, 0.25) is 0 Å². The molecule has 1 aromatic heterocycles. The molecular weight excluding hydrogens is 434 g/mol. The number of ether oxygens (including phenoxy) is 4. The molecule has 0 bridgehead atoms. The molecular formula is C27H30NO4S+. The number of aromatic nitrogens is 1. The minimum atomic E-state index is -0.281. The van der Waals surface area contributed by atoms with Crippen LogP contribution in [0.4, 0.5) is 0 Å². The van der Waals surface area contributed by atoms with E-state index < -0.39 is 0 Å². The van der Waals surface area contributed by atoms with Crippen molar-refractivity contribution in [3.05, 3.63) is 73.1 Å². The molecule has 3 aromatic rings. The highest BCUT2D eigenvalue weighted by molar-refractivity contribution is 7.97. The second-order valence-electron chi connectivity index (χ2n) is 8.27. The third-order valence-corrected chi connectivity index (χ3v) is 8.00. The van der Waals surface area contributed by atoms with Crippen LogP contribution in [-0.2, 0) is 20.4 Å². The lowest BCUT2D eigenvalue weighted by Gasteiger charge is -2.23. The van der Waals surface area contributed by atoms with Crippen molar-refractivity contribution < 1.29 is 18.9 Å². The molecule has 3 heterocycles. The van der Waals surface area contributed by atoms with E-state index in [0.29, 0.717) is 0 Å². The second kappa shape index (κ2) is 11.1. The molecule has 0 radical (unpaired) electrons. The summed E-state index contributed by atoms with van der Waals surface area (Å²) in [6.07, 6.45) is 9.92. The molecule has 6 heteroatoms. The van der Waals surface area contributed by atoms with Gasteiger partial charge in [0.1, 0.15) is 22.4 Å². The van der Waals surface area contributed by atoms with Gasteiger partial charge in [0.05, 0.1) is 19.4 Å². The van der Waals surface area contributed by atoms with Gasteiger partial charge in [0.2, 0.25) is 0 Å². The van der Waals surface area contributed by atoms with Crippen molar-refractivity contribution in [2.45, 2.75) is 65.8 Å². The van der Waals surface area contributed by atoms with Crippen LogP contribution >= 0.6 is 0 Å². The Morgan fingerprint density at radius 1 is 0.667 bits per heavy atom. The highest BCUT2D eigenvalue weighted by Crippen LogP contribution is 2.33. The maximum atomic E-state index is 6.03. The highest BCUT2D eigenvalue weighted by atomic mass is 32.2. The maximum Gasteiger partial charge on any atom is 0.199 e. The standard InChI is InChI=1S/C27H30NO4S/c1-3-18-29-26(7-1)31-21-9-13-23(14-10-21)33(25-6-5-17-28-20-25)24-15-11-22(12-16-24)32-27-8-2-4-19-30-27/h5-6,9-17,20,26-27H,1-4,7-8,18-19H2/q+1. The zero-order valence-electron chi connectivity index (χ0n) is 18.7. The third kappa shape index (κ3) is 5.88. The molecule has 2 aromatic carbocycles. The van der Waals surface area contributed by atoms with Gasteiger partial charge < -0.3 is 18.9 Å². The van der Waals surface area contributed by atoms with Crippen molar-refractivity contribution in [2.75, 3.05) is 13.2 Å². The van der Waals surface area contributed by atoms with Gasteiger partial charge >= 0.3 is 0 Å². The molecule has 33 heavy (non-hydrogen) atoms. The van der Waals surface area contributed by atoms with E-state index >= 15 is 0 Å². The summed E-state index contributed by atoms with van der Waals surface area (Å²) in [5.74, 6) is 1.69. The summed E-state index contributed by atoms with van der Waals surface area (Å²) in [6.45, 7) is 1.56. The summed E-state index contributed by atoms with van der Waals surface area (Å²) < 4.78 is 23.5. The first-order valence-electron chi connectivity index (χ1n) is 11.8. The first-order chi connectivity index (χ1) is 16.3. The highest BCUT2D eigenvalue weighted by Gasteiger charge is 2.29. The van der Waals surface area contributed by atoms with Crippen LogP contribution in [0.5, 0.6) is 11.5 Å². The van der Waals surface area contributed by atoms with Crippen molar-refractivity contribution in [2.24, 2.45) is 0 Å². The SMILES string of the molecule is c1cncc([S+](c2ccc(OC3CCCCO3)cc2)c2ccc(OC3CCCCO3)cc2)c1. The predicted molar refractivity (Wildman–Crippen MR) is 128 cm³/mol. The summed E-state index contributed by atoms with van der Waals surface area (Å²) in [4.78, 5) is 7.97. The molecule has 172 valence electrons. The van der Waals surface area contributed by atoms with Gasteiger partial charge in [-0.1, -0.05) is 0 Å². The maximum absolute atomic E-state index is 6.03. The van der Waals surface area contributed by atoms with Crippen LogP contribution in [0, 0.1) is 0 Å². The summed E-state index contributed by atoms with van der Waals surface area (Å²) in [5.41, 5.74) is 0. The van der Waals surface area contributed by atoms with Crippen molar-refractivity contribution in [3.8, 4) is 11.5 Å². The van der Waals surface area contributed by atoms with Crippen LogP contribution in [0.15, 0.2) is 87.7 Å². The number of rotatable bonds is 7. The van der Waals surface area contributed by atoms with Crippen LogP contribution in [0.25, 0.3) is 0 Å². The summed E-state index contributed by atoms with van der Waals surface area (Å²) in [5, 5.41) is 0. The lowest BCUT2D eigenvalue weighted by molar-refractivity contribution is -0.106. The fraction of sp³-hybridized carbons (Fsp3) is 0.370. The summed E-state index contributed by atoms with van der Waals surface area (Å²) in [6, 6.07) is 20.9. The number of nitrogens with zero attached hydrogens (tertiary/aromatic N) is 1. The Hall–Kier alpha value is -2.54. The number of benzene rings is 2. The van der Waals surface area contributed by atoms with Gasteiger partial charge in [-0.2, -0.15) is 0 Å². The van der Waals surface area contributed by atoms with Gasteiger partial charge in [-0.15, -0.1) is 0 Å². The molecule has 2 fully saturated rings. The molecule has 5 rings (SSSR count). The molecule has 2 atom stereocenters. The Morgan fingerprint density at radius 2 is 1.21 bits per heavy atom. The van der Waals surface area contributed by atoms with Gasteiger partial charge in [-0.05, 0) is 86.3 Å². The smallest absolute Gasteiger partial charge is 0.199 e. The van der Waals surface area contributed by atoms with Crippen molar-refractivity contribution >= 4 is 10.9 Å². The first kappa shape index (κ1) is 22.3. The van der Waals surface area contributed by atoms with E-state index in [-0.39, 0.29) is 23.5 Å². The zero-order chi connectivity index (χ0) is 22.3. The fourth-order valence-corrected chi connectivity index (χ4v) is 6.11. The van der Waals surface area contributed by atoms with E-state index in [1.807, 2.05) is 42.7 Å². The van der Waals surface area contributed by atoms with Gasteiger partial charge in [0.25, 0.3) is 0 Å².